The molecule has 8 heteroatoms. The Morgan fingerprint density at radius 3 is 2.70 bits per heavy atom. The Balaban J connectivity index is 1.33. The van der Waals surface area contributed by atoms with E-state index in [1.165, 1.54) is 11.8 Å². The third-order valence-electron chi connectivity index (χ3n) is 5.02. The third kappa shape index (κ3) is 4.28. The van der Waals surface area contributed by atoms with Gasteiger partial charge in [-0.25, -0.2) is 0 Å². The Kier molecular flexibility index (Phi) is 5.94. The third-order valence-corrected chi connectivity index (χ3v) is 6.02. The van der Waals surface area contributed by atoms with Gasteiger partial charge >= 0.3 is 0 Å². The molecule has 3 aromatic rings. The molecular weight excluding hydrogens is 400 g/mol. The number of rotatable bonds is 6. The van der Waals surface area contributed by atoms with E-state index in [1.54, 1.807) is 11.9 Å². The van der Waals surface area contributed by atoms with Crippen molar-refractivity contribution in [2.24, 2.45) is 7.05 Å². The van der Waals surface area contributed by atoms with Crippen molar-refractivity contribution in [3.8, 4) is 22.9 Å². The molecule has 1 aromatic heterocycles. The van der Waals surface area contributed by atoms with Gasteiger partial charge in [0.05, 0.1) is 12.3 Å². The zero-order valence-electron chi connectivity index (χ0n) is 17.2. The number of ether oxygens (including phenoxy) is 2. The van der Waals surface area contributed by atoms with Gasteiger partial charge in [-0.3, -0.25) is 4.79 Å². The molecule has 156 valence electrons. The van der Waals surface area contributed by atoms with Gasteiger partial charge in [0, 0.05) is 19.7 Å². The van der Waals surface area contributed by atoms with E-state index < -0.39 is 0 Å². The van der Waals surface area contributed by atoms with Crippen molar-refractivity contribution in [2.45, 2.75) is 18.2 Å². The molecule has 2 aromatic carbocycles. The SMILES string of the molecule is Cc1ccccc1-c1nnc(SCC(=O)N(C)C[C@H]2COc3ccccc3O2)n1C. The summed E-state index contributed by atoms with van der Waals surface area (Å²) >= 11 is 1.38. The van der Waals surface area contributed by atoms with Crippen LogP contribution < -0.4 is 9.47 Å². The Morgan fingerprint density at radius 1 is 1.17 bits per heavy atom. The second kappa shape index (κ2) is 8.79. The summed E-state index contributed by atoms with van der Waals surface area (Å²) in [4.78, 5) is 14.3. The van der Waals surface area contributed by atoms with E-state index in [4.69, 9.17) is 9.47 Å². The van der Waals surface area contributed by atoms with Crippen molar-refractivity contribution in [1.29, 1.82) is 0 Å². The van der Waals surface area contributed by atoms with Crippen LogP contribution in [0.4, 0.5) is 0 Å². The first-order chi connectivity index (χ1) is 14.5. The maximum atomic E-state index is 12.6. The van der Waals surface area contributed by atoms with Crippen LogP contribution in [0.25, 0.3) is 11.4 Å². The molecule has 30 heavy (non-hydrogen) atoms. The Labute approximate surface area is 180 Å². The summed E-state index contributed by atoms with van der Waals surface area (Å²) in [5.41, 5.74) is 2.18. The van der Waals surface area contributed by atoms with Crippen LogP contribution in [0.2, 0.25) is 0 Å². The summed E-state index contributed by atoms with van der Waals surface area (Å²) in [5, 5.41) is 9.29. The van der Waals surface area contributed by atoms with Crippen molar-refractivity contribution < 1.29 is 14.3 Å². The van der Waals surface area contributed by atoms with Gasteiger partial charge in [-0.05, 0) is 24.6 Å². The van der Waals surface area contributed by atoms with Gasteiger partial charge in [0.1, 0.15) is 6.61 Å². The standard InChI is InChI=1S/C22H24N4O3S/c1-15-8-4-5-9-17(15)21-23-24-22(26(21)3)30-14-20(27)25(2)12-16-13-28-18-10-6-7-11-19(18)29-16/h4-11,16H,12-14H2,1-3H3/t16-/m0/s1. The fraction of sp³-hybridized carbons (Fsp3) is 0.318. The lowest BCUT2D eigenvalue weighted by atomic mass is 10.1. The number of carbonyl (C=O) groups is 1. The largest absolute Gasteiger partial charge is 0.486 e. The molecule has 1 aliphatic heterocycles. The first-order valence-electron chi connectivity index (χ1n) is 9.73. The van der Waals surface area contributed by atoms with Gasteiger partial charge in [0.2, 0.25) is 5.91 Å². The maximum absolute atomic E-state index is 12.6. The normalized spacial score (nSPS) is 15.1. The van der Waals surface area contributed by atoms with Crippen molar-refractivity contribution in [1.82, 2.24) is 19.7 Å². The lowest BCUT2D eigenvalue weighted by molar-refractivity contribution is -0.128. The number of thioether (sulfide) groups is 1. The van der Waals surface area contributed by atoms with Crippen molar-refractivity contribution in [3.05, 3.63) is 54.1 Å². The molecule has 0 N–H and O–H groups in total. The van der Waals surface area contributed by atoms with Crippen molar-refractivity contribution in [2.75, 3.05) is 26.0 Å². The zero-order chi connectivity index (χ0) is 21.1. The molecule has 1 amide bonds. The molecule has 1 aliphatic rings. The Hall–Kier alpha value is -3.00. The highest BCUT2D eigenvalue weighted by atomic mass is 32.2. The lowest BCUT2D eigenvalue weighted by Gasteiger charge is -2.29. The first-order valence-corrected chi connectivity index (χ1v) is 10.7. The van der Waals surface area contributed by atoms with E-state index in [1.807, 2.05) is 67.1 Å². The summed E-state index contributed by atoms with van der Waals surface area (Å²) in [6, 6.07) is 15.6. The first kappa shape index (κ1) is 20.3. The molecule has 7 nitrogen and oxygen atoms in total. The predicted octanol–water partition coefficient (Wildman–Crippen LogP) is 3.18. The van der Waals surface area contributed by atoms with Gasteiger partial charge < -0.3 is 18.9 Å². The molecule has 0 unspecified atom stereocenters. The van der Waals surface area contributed by atoms with Crippen LogP contribution in [0.15, 0.2) is 53.7 Å². The van der Waals surface area contributed by atoms with Crippen LogP contribution in [-0.4, -0.2) is 57.6 Å². The van der Waals surface area contributed by atoms with Gasteiger partial charge in [-0.2, -0.15) is 0 Å². The molecule has 0 fully saturated rings. The average molecular weight is 425 g/mol. The van der Waals surface area contributed by atoms with Crippen LogP contribution in [-0.2, 0) is 11.8 Å². The number of hydrogen-bond donors (Lipinski definition) is 0. The number of nitrogens with zero attached hydrogens (tertiary/aromatic N) is 4. The van der Waals surface area contributed by atoms with Crippen LogP contribution >= 0.6 is 11.8 Å². The second-order valence-corrected chi connectivity index (χ2v) is 8.18. The fourth-order valence-electron chi connectivity index (χ4n) is 3.30. The quantitative estimate of drug-likeness (QED) is 0.566. The predicted molar refractivity (Wildman–Crippen MR) is 116 cm³/mol. The number of aromatic nitrogens is 3. The molecule has 4 rings (SSSR count). The molecule has 2 heterocycles. The van der Waals surface area contributed by atoms with E-state index in [0.717, 1.165) is 22.7 Å². The highest BCUT2D eigenvalue weighted by Crippen LogP contribution is 2.31. The number of para-hydroxylation sites is 2. The van der Waals surface area contributed by atoms with Crippen LogP contribution in [0, 0.1) is 6.92 Å². The molecule has 0 saturated carbocycles. The van der Waals surface area contributed by atoms with Crippen molar-refractivity contribution >= 4 is 17.7 Å². The highest BCUT2D eigenvalue weighted by Gasteiger charge is 2.24. The number of benzene rings is 2. The van der Waals surface area contributed by atoms with Gasteiger partial charge in [-0.15, -0.1) is 10.2 Å². The van der Waals surface area contributed by atoms with E-state index in [-0.39, 0.29) is 17.8 Å². The minimum absolute atomic E-state index is 0.00269. The average Bonchev–Trinajstić information content (AvgIpc) is 3.12. The van der Waals surface area contributed by atoms with E-state index >= 15 is 0 Å². The minimum atomic E-state index is -0.193. The number of carbonyl (C=O) groups excluding carboxylic acids is 1. The minimum Gasteiger partial charge on any atom is -0.486 e. The van der Waals surface area contributed by atoms with Gasteiger partial charge in [-0.1, -0.05) is 48.2 Å². The monoisotopic (exact) mass is 424 g/mol. The Bertz CT molecular complexity index is 1050. The Morgan fingerprint density at radius 2 is 1.90 bits per heavy atom. The molecule has 0 saturated heterocycles. The topological polar surface area (TPSA) is 69.5 Å². The van der Waals surface area contributed by atoms with E-state index in [2.05, 4.69) is 10.2 Å². The molecule has 0 radical (unpaired) electrons. The summed E-state index contributed by atoms with van der Waals surface area (Å²) in [6.07, 6.45) is -0.193. The van der Waals surface area contributed by atoms with Crippen LogP contribution in [0.5, 0.6) is 11.5 Å². The molecule has 0 bridgehead atoms. The number of hydrogen-bond acceptors (Lipinski definition) is 6. The second-order valence-electron chi connectivity index (χ2n) is 7.24. The maximum Gasteiger partial charge on any atom is 0.232 e. The number of likely N-dealkylation sites (N-methyl/N-ethyl adjacent to an activating group) is 1. The van der Waals surface area contributed by atoms with Crippen molar-refractivity contribution in [3.63, 3.8) is 0 Å². The number of aryl methyl sites for hydroxylation is 1. The van der Waals surface area contributed by atoms with E-state index in [0.29, 0.717) is 24.1 Å². The van der Waals surface area contributed by atoms with E-state index in [9.17, 15) is 4.79 Å². The summed E-state index contributed by atoms with van der Waals surface area (Å²) in [6.45, 7) is 2.93. The molecular formula is C22H24N4O3S. The highest BCUT2D eigenvalue weighted by molar-refractivity contribution is 7.99. The van der Waals surface area contributed by atoms with Crippen LogP contribution in [0.3, 0.4) is 0 Å². The number of amides is 1. The number of fused-ring (bicyclic) bond motifs is 1. The summed E-state index contributed by atoms with van der Waals surface area (Å²) < 4.78 is 13.6. The molecule has 0 aliphatic carbocycles. The zero-order valence-corrected chi connectivity index (χ0v) is 18.1. The molecule has 1 atom stereocenters. The molecule has 0 spiro atoms. The van der Waals surface area contributed by atoms with Gasteiger partial charge in [0.15, 0.2) is 28.6 Å². The smallest absolute Gasteiger partial charge is 0.232 e. The van der Waals surface area contributed by atoms with Crippen LogP contribution in [0.1, 0.15) is 5.56 Å². The fourth-order valence-corrected chi connectivity index (χ4v) is 4.15. The summed E-state index contributed by atoms with van der Waals surface area (Å²) in [5.74, 6) is 2.53. The lowest BCUT2D eigenvalue weighted by Crippen LogP contribution is -2.42. The van der Waals surface area contributed by atoms with Gasteiger partial charge in [0.25, 0.3) is 0 Å². The summed E-state index contributed by atoms with van der Waals surface area (Å²) in [7, 11) is 3.70.